The van der Waals surface area contributed by atoms with E-state index in [4.69, 9.17) is 0 Å². The summed E-state index contributed by atoms with van der Waals surface area (Å²) >= 11 is 4.12. The number of nitrogens with zero attached hydrogens (tertiary/aromatic N) is 1. The molecule has 0 radical (unpaired) electrons. The first-order valence-electron chi connectivity index (χ1n) is 3.86. The largest absolute Gasteiger partial charge is 0.345 e. The van der Waals surface area contributed by atoms with Crippen molar-refractivity contribution >= 4 is 12.6 Å². The summed E-state index contributed by atoms with van der Waals surface area (Å²) < 4.78 is 0. The summed E-state index contributed by atoms with van der Waals surface area (Å²) in [5.41, 5.74) is 1.21. The maximum absolute atomic E-state index is 4.16. The lowest BCUT2D eigenvalue weighted by Crippen LogP contribution is -1.93. The summed E-state index contributed by atoms with van der Waals surface area (Å²) in [4.78, 5) is 7.36. The van der Waals surface area contributed by atoms with Crippen molar-refractivity contribution in [3.8, 4) is 0 Å². The normalized spacial score (nSPS) is 10.9. The fourth-order valence-electron chi connectivity index (χ4n) is 1.03. The van der Waals surface area contributed by atoms with E-state index in [1.54, 1.807) is 0 Å². The SMILES string of the molecule is CC(C)Cc1cnc(CS)[nH]1. The smallest absolute Gasteiger partial charge is 0.115 e. The minimum absolute atomic E-state index is 0.684. The van der Waals surface area contributed by atoms with Crippen molar-refractivity contribution < 1.29 is 0 Å². The third-order valence-corrected chi connectivity index (χ3v) is 1.76. The van der Waals surface area contributed by atoms with Gasteiger partial charge in [0.15, 0.2) is 0 Å². The van der Waals surface area contributed by atoms with Gasteiger partial charge in [0.05, 0.1) is 0 Å². The lowest BCUT2D eigenvalue weighted by molar-refractivity contribution is 0.637. The van der Waals surface area contributed by atoms with Gasteiger partial charge in [-0.2, -0.15) is 12.6 Å². The van der Waals surface area contributed by atoms with E-state index in [1.165, 1.54) is 5.69 Å². The molecular formula is C8H14N2S. The van der Waals surface area contributed by atoms with E-state index in [0.717, 1.165) is 12.2 Å². The van der Waals surface area contributed by atoms with Crippen LogP contribution in [0.3, 0.4) is 0 Å². The number of aromatic amines is 1. The molecule has 1 heterocycles. The number of hydrogen-bond donors (Lipinski definition) is 2. The minimum atomic E-state index is 0.684. The Morgan fingerprint density at radius 3 is 2.82 bits per heavy atom. The Kier molecular flexibility index (Phi) is 3.00. The number of aromatic nitrogens is 2. The van der Waals surface area contributed by atoms with Gasteiger partial charge in [-0.05, 0) is 12.3 Å². The molecule has 0 unspecified atom stereocenters. The van der Waals surface area contributed by atoms with Gasteiger partial charge < -0.3 is 4.98 Å². The molecule has 1 aromatic heterocycles. The molecule has 0 amide bonds. The molecule has 0 aliphatic carbocycles. The second kappa shape index (κ2) is 3.81. The summed E-state index contributed by atoms with van der Waals surface area (Å²) in [5, 5.41) is 0. The molecule has 0 aliphatic rings. The predicted octanol–water partition coefficient (Wildman–Crippen LogP) is 2.04. The Balaban J connectivity index is 2.58. The van der Waals surface area contributed by atoms with Crippen LogP contribution in [0.2, 0.25) is 0 Å². The van der Waals surface area contributed by atoms with Crippen molar-refractivity contribution in [2.75, 3.05) is 0 Å². The van der Waals surface area contributed by atoms with Crippen molar-refractivity contribution in [1.29, 1.82) is 0 Å². The lowest BCUT2D eigenvalue weighted by atomic mass is 10.1. The van der Waals surface area contributed by atoms with E-state index >= 15 is 0 Å². The van der Waals surface area contributed by atoms with Gasteiger partial charge in [0, 0.05) is 17.6 Å². The second-order valence-corrected chi connectivity index (χ2v) is 3.43. The highest BCUT2D eigenvalue weighted by atomic mass is 32.1. The Hall–Kier alpha value is -0.440. The summed E-state index contributed by atoms with van der Waals surface area (Å²) in [7, 11) is 0. The van der Waals surface area contributed by atoms with Crippen molar-refractivity contribution in [3.05, 3.63) is 17.7 Å². The molecule has 0 saturated heterocycles. The van der Waals surface area contributed by atoms with Crippen molar-refractivity contribution in [1.82, 2.24) is 9.97 Å². The maximum Gasteiger partial charge on any atom is 0.115 e. The summed E-state index contributed by atoms with van der Waals surface area (Å²) in [6.45, 7) is 4.39. The van der Waals surface area contributed by atoms with Crippen LogP contribution in [0.5, 0.6) is 0 Å². The third-order valence-electron chi connectivity index (χ3n) is 1.46. The van der Waals surface area contributed by atoms with E-state index in [1.807, 2.05) is 6.20 Å². The summed E-state index contributed by atoms with van der Waals surface area (Å²) in [6.07, 6.45) is 2.96. The van der Waals surface area contributed by atoms with Gasteiger partial charge in [-0.3, -0.25) is 0 Å². The van der Waals surface area contributed by atoms with E-state index in [9.17, 15) is 0 Å². The van der Waals surface area contributed by atoms with Gasteiger partial charge in [-0.15, -0.1) is 0 Å². The average Bonchev–Trinajstić information content (AvgIpc) is 2.34. The molecular weight excluding hydrogens is 156 g/mol. The Morgan fingerprint density at radius 1 is 1.64 bits per heavy atom. The van der Waals surface area contributed by atoms with Crippen LogP contribution in [0.4, 0.5) is 0 Å². The molecule has 11 heavy (non-hydrogen) atoms. The molecule has 0 atom stereocenters. The first-order valence-corrected chi connectivity index (χ1v) is 4.49. The summed E-state index contributed by atoms with van der Waals surface area (Å²) in [6, 6.07) is 0. The molecule has 1 aromatic rings. The van der Waals surface area contributed by atoms with Gasteiger partial charge in [0.25, 0.3) is 0 Å². The molecule has 1 N–H and O–H groups in total. The quantitative estimate of drug-likeness (QED) is 0.668. The molecule has 0 aromatic carbocycles. The molecule has 0 bridgehead atoms. The zero-order valence-corrected chi connectivity index (χ0v) is 7.86. The van der Waals surface area contributed by atoms with E-state index in [-0.39, 0.29) is 0 Å². The van der Waals surface area contributed by atoms with Gasteiger partial charge >= 0.3 is 0 Å². The van der Waals surface area contributed by atoms with E-state index < -0.39 is 0 Å². The van der Waals surface area contributed by atoms with Crippen LogP contribution in [-0.4, -0.2) is 9.97 Å². The molecule has 62 valence electrons. The molecule has 0 aliphatic heterocycles. The molecule has 0 fully saturated rings. The number of thiol groups is 1. The fourth-order valence-corrected chi connectivity index (χ4v) is 1.19. The first kappa shape index (κ1) is 8.65. The van der Waals surface area contributed by atoms with Crippen molar-refractivity contribution in [3.63, 3.8) is 0 Å². The standard InChI is InChI=1S/C8H14N2S/c1-6(2)3-7-4-9-8(5-11)10-7/h4,6,11H,3,5H2,1-2H3,(H,9,10). The van der Waals surface area contributed by atoms with Crippen LogP contribution < -0.4 is 0 Å². The molecule has 0 saturated carbocycles. The number of rotatable bonds is 3. The summed E-state index contributed by atoms with van der Waals surface area (Å²) in [5.74, 6) is 2.34. The van der Waals surface area contributed by atoms with Crippen LogP contribution >= 0.6 is 12.6 Å². The van der Waals surface area contributed by atoms with Crippen LogP contribution in [0.25, 0.3) is 0 Å². The highest BCUT2D eigenvalue weighted by molar-refractivity contribution is 7.79. The first-order chi connectivity index (χ1) is 5.22. The van der Waals surface area contributed by atoms with Gasteiger partial charge in [-0.1, -0.05) is 13.8 Å². The van der Waals surface area contributed by atoms with Crippen LogP contribution in [0.15, 0.2) is 6.20 Å². The third kappa shape index (κ3) is 2.58. The zero-order valence-electron chi connectivity index (χ0n) is 6.96. The van der Waals surface area contributed by atoms with Crippen LogP contribution in [0, 0.1) is 5.92 Å². The minimum Gasteiger partial charge on any atom is -0.345 e. The highest BCUT2D eigenvalue weighted by Crippen LogP contribution is 2.06. The highest BCUT2D eigenvalue weighted by Gasteiger charge is 2.00. The van der Waals surface area contributed by atoms with E-state index in [2.05, 4.69) is 36.4 Å². The van der Waals surface area contributed by atoms with Gasteiger partial charge in [0.2, 0.25) is 0 Å². The number of hydrogen-bond acceptors (Lipinski definition) is 2. The van der Waals surface area contributed by atoms with Gasteiger partial charge in [0.1, 0.15) is 5.82 Å². The molecule has 0 spiro atoms. The predicted molar refractivity (Wildman–Crippen MR) is 49.8 cm³/mol. The van der Waals surface area contributed by atoms with E-state index in [0.29, 0.717) is 11.7 Å². The van der Waals surface area contributed by atoms with Crippen molar-refractivity contribution in [2.24, 2.45) is 5.92 Å². The average molecular weight is 170 g/mol. The number of nitrogens with one attached hydrogen (secondary N) is 1. The van der Waals surface area contributed by atoms with Crippen LogP contribution in [-0.2, 0) is 12.2 Å². The van der Waals surface area contributed by atoms with Crippen LogP contribution in [0.1, 0.15) is 25.4 Å². The monoisotopic (exact) mass is 170 g/mol. The Bertz CT molecular complexity index is 218. The fraction of sp³-hybridized carbons (Fsp3) is 0.625. The molecule has 3 heteroatoms. The Morgan fingerprint density at radius 2 is 2.36 bits per heavy atom. The number of H-pyrrole nitrogens is 1. The second-order valence-electron chi connectivity index (χ2n) is 3.11. The topological polar surface area (TPSA) is 28.7 Å². The zero-order chi connectivity index (χ0) is 8.27. The Labute approximate surface area is 72.8 Å². The van der Waals surface area contributed by atoms with Gasteiger partial charge in [-0.25, -0.2) is 4.98 Å². The maximum atomic E-state index is 4.16. The molecule has 2 nitrogen and oxygen atoms in total. The van der Waals surface area contributed by atoms with Crippen molar-refractivity contribution in [2.45, 2.75) is 26.0 Å². The number of imidazole rings is 1. The lowest BCUT2D eigenvalue weighted by Gasteiger charge is -1.99. The molecule has 1 rings (SSSR count).